The van der Waals surface area contributed by atoms with E-state index < -0.39 is 0 Å². The Morgan fingerprint density at radius 3 is 2.56 bits per heavy atom. The third-order valence-corrected chi connectivity index (χ3v) is 2.91. The molecule has 18 heavy (non-hydrogen) atoms. The molecule has 0 aromatic heterocycles. The average Bonchev–Trinajstić information content (AvgIpc) is 2.93. The molecule has 2 aromatic rings. The van der Waals surface area contributed by atoms with Crippen LogP contribution in [0.1, 0.15) is 0 Å². The average molecular weight is 237 g/mol. The van der Waals surface area contributed by atoms with Gasteiger partial charge in [-0.25, -0.2) is 0 Å². The fourth-order valence-electron chi connectivity index (χ4n) is 2.03. The number of anilines is 1. The highest BCUT2D eigenvalue weighted by Gasteiger charge is 2.05. The smallest absolute Gasteiger partial charge is 0.195 e. The molecule has 0 bridgehead atoms. The first-order chi connectivity index (χ1) is 8.92. The quantitative estimate of drug-likeness (QED) is 0.842. The normalized spacial score (nSPS) is 13.9. The summed E-state index contributed by atoms with van der Waals surface area (Å²) in [5, 5.41) is 6.49. The van der Waals surface area contributed by atoms with Crippen LogP contribution in [0.15, 0.2) is 59.6 Å². The molecular formula is C15H15N3. The van der Waals surface area contributed by atoms with Gasteiger partial charge in [-0.2, -0.15) is 0 Å². The van der Waals surface area contributed by atoms with Gasteiger partial charge >= 0.3 is 0 Å². The Kier molecular flexibility index (Phi) is 2.96. The molecule has 0 spiro atoms. The monoisotopic (exact) mass is 237 g/mol. The van der Waals surface area contributed by atoms with Gasteiger partial charge in [-0.05, 0) is 23.3 Å². The summed E-state index contributed by atoms with van der Waals surface area (Å²) in [5.74, 6) is 0.861. The van der Waals surface area contributed by atoms with Crippen molar-refractivity contribution in [2.45, 2.75) is 0 Å². The lowest BCUT2D eigenvalue weighted by Crippen LogP contribution is -2.26. The topological polar surface area (TPSA) is 36.4 Å². The van der Waals surface area contributed by atoms with Crippen LogP contribution in [-0.2, 0) is 0 Å². The maximum absolute atomic E-state index is 4.33. The van der Waals surface area contributed by atoms with E-state index in [0.717, 1.165) is 24.7 Å². The standard InChI is InChI=1S/C15H15N3/c1-2-5-12(6-3-1)13-7-4-8-14(11-13)18-15-16-9-10-17-15/h1-8,11H,9-10H2,(H2,16,17,18). The zero-order valence-electron chi connectivity index (χ0n) is 10.1. The van der Waals surface area contributed by atoms with Crippen molar-refractivity contribution in [3.63, 3.8) is 0 Å². The van der Waals surface area contributed by atoms with E-state index in [1.165, 1.54) is 11.1 Å². The van der Waals surface area contributed by atoms with Crippen LogP contribution in [0.3, 0.4) is 0 Å². The minimum absolute atomic E-state index is 0.848. The summed E-state index contributed by atoms with van der Waals surface area (Å²) < 4.78 is 0. The molecule has 0 aliphatic carbocycles. The number of hydrogen-bond acceptors (Lipinski definition) is 3. The summed E-state index contributed by atoms with van der Waals surface area (Å²) in [7, 11) is 0. The van der Waals surface area contributed by atoms with E-state index in [4.69, 9.17) is 0 Å². The van der Waals surface area contributed by atoms with Crippen molar-refractivity contribution in [3.05, 3.63) is 54.6 Å². The molecular weight excluding hydrogens is 222 g/mol. The van der Waals surface area contributed by atoms with Crippen molar-refractivity contribution in [1.29, 1.82) is 0 Å². The van der Waals surface area contributed by atoms with Crippen molar-refractivity contribution in [3.8, 4) is 11.1 Å². The van der Waals surface area contributed by atoms with Crippen molar-refractivity contribution >= 4 is 11.6 Å². The molecule has 0 saturated heterocycles. The molecule has 3 heteroatoms. The number of aliphatic imine (C=N–C) groups is 1. The highest BCUT2D eigenvalue weighted by atomic mass is 15.2. The number of rotatable bonds is 2. The van der Waals surface area contributed by atoms with E-state index >= 15 is 0 Å². The summed E-state index contributed by atoms with van der Waals surface area (Å²) in [4.78, 5) is 4.33. The molecule has 0 radical (unpaired) electrons. The van der Waals surface area contributed by atoms with Crippen LogP contribution in [0, 0.1) is 0 Å². The van der Waals surface area contributed by atoms with E-state index in [0.29, 0.717) is 0 Å². The summed E-state index contributed by atoms with van der Waals surface area (Å²) in [6.45, 7) is 1.77. The Morgan fingerprint density at radius 2 is 1.78 bits per heavy atom. The van der Waals surface area contributed by atoms with Crippen LogP contribution in [0.4, 0.5) is 5.69 Å². The second-order valence-corrected chi connectivity index (χ2v) is 4.23. The Bertz CT molecular complexity index is 561. The molecule has 2 N–H and O–H groups in total. The third-order valence-electron chi connectivity index (χ3n) is 2.91. The van der Waals surface area contributed by atoms with Crippen LogP contribution >= 0.6 is 0 Å². The van der Waals surface area contributed by atoms with Crippen molar-refractivity contribution in [1.82, 2.24) is 5.32 Å². The minimum atomic E-state index is 0.848. The molecule has 0 atom stereocenters. The van der Waals surface area contributed by atoms with Crippen LogP contribution < -0.4 is 10.6 Å². The molecule has 2 aromatic carbocycles. The van der Waals surface area contributed by atoms with Crippen molar-refractivity contribution < 1.29 is 0 Å². The predicted molar refractivity (Wildman–Crippen MR) is 75.8 cm³/mol. The van der Waals surface area contributed by atoms with Gasteiger partial charge in [0.25, 0.3) is 0 Å². The maximum Gasteiger partial charge on any atom is 0.195 e. The van der Waals surface area contributed by atoms with E-state index in [9.17, 15) is 0 Å². The fraction of sp³-hybridized carbons (Fsp3) is 0.133. The second kappa shape index (κ2) is 4.92. The molecule has 1 aliphatic rings. The highest BCUT2D eigenvalue weighted by molar-refractivity contribution is 5.95. The summed E-state index contributed by atoms with van der Waals surface area (Å²) in [6, 6.07) is 18.7. The molecule has 0 amide bonds. The van der Waals surface area contributed by atoms with Gasteiger partial charge in [-0.15, -0.1) is 0 Å². The lowest BCUT2D eigenvalue weighted by molar-refractivity contribution is 0.959. The van der Waals surface area contributed by atoms with Crippen LogP contribution in [0.2, 0.25) is 0 Å². The first-order valence-electron chi connectivity index (χ1n) is 6.13. The summed E-state index contributed by atoms with van der Waals surface area (Å²) >= 11 is 0. The lowest BCUT2D eigenvalue weighted by atomic mass is 10.1. The van der Waals surface area contributed by atoms with E-state index in [-0.39, 0.29) is 0 Å². The van der Waals surface area contributed by atoms with Gasteiger partial charge in [0.1, 0.15) is 0 Å². The van der Waals surface area contributed by atoms with Gasteiger partial charge < -0.3 is 10.6 Å². The first-order valence-corrected chi connectivity index (χ1v) is 6.13. The Morgan fingerprint density at radius 1 is 0.944 bits per heavy atom. The first kappa shape index (κ1) is 10.8. The summed E-state index contributed by atoms with van der Waals surface area (Å²) in [5.41, 5.74) is 3.49. The van der Waals surface area contributed by atoms with E-state index in [1.54, 1.807) is 0 Å². The van der Waals surface area contributed by atoms with Crippen LogP contribution in [0.25, 0.3) is 11.1 Å². The molecule has 3 nitrogen and oxygen atoms in total. The van der Waals surface area contributed by atoms with Crippen LogP contribution in [-0.4, -0.2) is 19.0 Å². The van der Waals surface area contributed by atoms with Gasteiger partial charge in [0.15, 0.2) is 5.96 Å². The number of hydrogen-bond donors (Lipinski definition) is 2. The molecule has 1 heterocycles. The minimum Gasteiger partial charge on any atom is -0.354 e. The zero-order valence-corrected chi connectivity index (χ0v) is 10.1. The Hall–Kier alpha value is -2.29. The van der Waals surface area contributed by atoms with Gasteiger partial charge in [-0.3, -0.25) is 4.99 Å². The third kappa shape index (κ3) is 2.35. The zero-order chi connectivity index (χ0) is 12.2. The summed E-state index contributed by atoms with van der Waals surface area (Å²) in [6.07, 6.45) is 0. The number of nitrogens with zero attached hydrogens (tertiary/aromatic N) is 1. The SMILES string of the molecule is c1ccc(-c2cccc(NC3=NCCN3)c2)cc1. The number of nitrogens with one attached hydrogen (secondary N) is 2. The predicted octanol–water partition coefficient (Wildman–Crippen LogP) is 2.72. The molecule has 0 unspecified atom stereocenters. The van der Waals surface area contributed by atoms with Gasteiger partial charge in [0.2, 0.25) is 0 Å². The highest BCUT2D eigenvalue weighted by Crippen LogP contribution is 2.22. The number of guanidine groups is 1. The molecule has 1 aliphatic heterocycles. The molecule has 90 valence electrons. The molecule has 0 fully saturated rings. The molecule has 3 rings (SSSR count). The van der Waals surface area contributed by atoms with Crippen LogP contribution in [0.5, 0.6) is 0 Å². The second-order valence-electron chi connectivity index (χ2n) is 4.23. The Labute approximate surface area is 107 Å². The maximum atomic E-state index is 4.33. The number of benzene rings is 2. The van der Waals surface area contributed by atoms with E-state index in [2.05, 4.69) is 64.2 Å². The lowest BCUT2D eigenvalue weighted by Gasteiger charge is -2.08. The Balaban J connectivity index is 1.85. The van der Waals surface area contributed by atoms with Gasteiger partial charge in [0, 0.05) is 12.2 Å². The van der Waals surface area contributed by atoms with E-state index in [1.807, 2.05) is 6.07 Å². The van der Waals surface area contributed by atoms with Gasteiger partial charge in [-0.1, -0.05) is 42.5 Å². The fourth-order valence-corrected chi connectivity index (χ4v) is 2.03. The largest absolute Gasteiger partial charge is 0.354 e. The van der Waals surface area contributed by atoms with Gasteiger partial charge in [0.05, 0.1) is 6.54 Å². The van der Waals surface area contributed by atoms with Crippen molar-refractivity contribution in [2.24, 2.45) is 4.99 Å². The molecule has 0 saturated carbocycles. The van der Waals surface area contributed by atoms with Crippen molar-refractivity contribution in [2.75, 3.05) is 18.4 Å².